The Hall–Kier alpha value is -4.13. The Morgan fingerprint density at radius 1 is 1.21 bits per heavy atom. The Kier molecular flexibility index (Phi) is 7.22. The summed E-state index contributed by atoms with van der Waals surface area (Å²) < 4.78 is 11.2. The number of para-hydroxylation sites is 1. The second-order valence-electron chi connectivity index (χ2n) is 8.07. The average molecular weight is 458 g/mol. The van der Waals surface area contributed by atoms with E-state index in [1.807, 2.05) is 36.4 Å². The first-order valence-corrected chi connectivity index (χ1v) is 11.1. The van der Waals surface area contributed by atoms with E-state index < -0.39 is 12.0 Å². The van der Waals surface area contributed by atoms with Crippen molar-refractivity contribution < 1.29 is 19.1 Å². The van der Waals surface area contributed by atoms with Gasteiger partial charge < -0.3 is 20.1 Å². The Balaban J connectivity index is 1.56. The lowest BCUT2D eigenvalue weighted by atomic mass is 9.93. The van der Waals surface area contributed by atoms with Gasteiger partial charge in [0.05, 0.1) is 12.7 Å². The van der Waals surface area contributed by atoms with Crippen LogP contribution in [0.3, 0.4) is 0 Å². The van der Waals surface area contributed by atoms with E-state index in [0.29, 0.717) is 36.4 Å². The molecule has 0 saturated carbocycles. The summed E-state index contributed by atoms with van der Waals surface area (Å²) in [5.74, 6) is -0.164. The fraction of sp³-hybridized carbons (Fsp3) is 0.222. The third-order valence-corrected chi connectivity index (χ3v) is 5.79. The van der Waals surface area contributed by atoms with Crippen molar-refractivity contribution >= 4 is 17.6 Å². The molecule has 2 aromatic carbocycles. The zero-order valence-electron chi connectivity index (χ0n) is 19.0. The summed E-state index contributed by atoms with van der Waals surface area (Å²) in [7, 11) is 1.52. The van der Waals surface area contributed by atoms with Crippen LogP contribution in [-0.4, -0.2) is 36.6 Å². The molecular formula is C27H27N3O4. The standard InChI is InChI=1S/C27H27N3O4/c1-3-7-18-11-12-24(25(14-18)33-2)34-27(32)23(30-26(31)19-8-6-13-28-16-19)15-20-17-29-22-10-5-4-9-21(20)22/h3-6,8-14,16,20,23,29H,1,7,15,17H2,2H3,(H,30,31). The second kappa shape index (κ2) is 10.7. The molecule has 4 rings (SSSR count). The van der Waals surface area contributed by atoms with Crippen molar-refractivity contribution in [2.24, 2.45) is 0 Å². The number of carbonyl (C=O) groups excluding carboxylic acids is 2. The quantitative estimate of drug-likeness (QED) is 0.285. The minimum Gasteiger partial charge on any atom is -0.493 e. The molecule has 3 aromatic rings. The number of carbonyl (C=O) groups is 2. The highest BCUT2D eigenvalue weighted by Gasteiger charge is 2.31. The molecule has 2 unspecified atom stereocenters. The van der Waals surface area contributed by atoms with E-state index in [4.69, 9.17) is 9.47 Å². The SMILES string of the molecule is C=CCc1ccc(OC(=O)C(CC2CNc3ccccc32)NC(=O)c2cccnc2)c(OC)c1. The van der Waals surface area contributed by atoms with E-state index in [9.17, 15) is 9.59 Å². The molecule has 0 radical (unpaired) electrons. The number of nitrogens with one attached hydrogen (secondary N) is 2. The zero-order chi connectivity index (χ0) is 23.9. The van der Waals surface area contributed by atoms with Crippen LogP contribution in [0.4, 0.5) is 5.69 Å². The third kappa shape index (κ3) is 5.26. The topological polar surface area (TPSA) is 89.6 Å². The smallest absolute Gasteiger partial charge is 0.334 e. The van der Waals surface area contributed by atoms with Crippen LogP contribution >= 0.6 is 0 Å². The Bertz CT molecular complexity index is 1180. The largest absolute Gasteiger partial charge is 0.493 e. The molecule has 0 spiro atoms. The number of benzene rings is 2. The number of pyridine rings is 1. The molecule has 2 atom stereocenters. The van der Waals surface area contributed by atoms with Gasteiger partial charge >= 0.3 is 5.97 Å². The highest BCUT2D eigenvalue weighted by Crippen LogP contribution is 2.35. The van der Waals surface area contributed by atoms with Crippen LogP contribution in [0.2, 0.25) is 0 Å². The van der Waals surface area contributed by atoms with Crippen LogP contribution in [0.5, 0.6) is 11.5 Å². The predicted molar refractivity (Wildman–Crippen MR) is 130 cm³/mol. The number of allylic oxidation sites excluding steroid dienone is 1. The minimum absolute atomic E-state index is 0.0415. The zero-order valence-corrected chi connectivity index (χ0v) is 19.0. The molecule has 1 aliphatic rings. The monoisotopic (exact) mass is 457 g/mol. The summed E-state index contributed by atoms with van der Waals surface area (Å²) in [5.41, 5.74) is 3.51. The lowest BCUT2D eigenvalue weighted by Gasteiger charge is -2.21. The normalized spacial score (nSPS) is 14.9. The van der Waals surface area contributed by atoms with Gasteiger partial charge in [0.15, 0.2) is 11.5 Å². The molecule has 0 saturated heterocycles. The van der Waals surface area contributed by atoms with Crippen molar-refractivity contribution in [1.82, 2.24) is 10.3 Å². The van der Waals surface area contributed by atoms with Crippen LogP contribution in [0.25, 0.3) is 0 Å². The number of nitrogens with zero attached hydrogens (tertiary/aromatic N) is 1. The second-order valence-corrected chi connectivity index (χ2v) is 8.07. The first kappa shape index (κ1) is 23.0. The van der Waals surface area contributed by atoms with Crippen LogP contribution in [0, 0.1) is 0 Å². The minimum atomic E-state index is -0.872. The van der Waals surface area contributed by atoms with Crippen molar-refractivity contribution in [3.05, 3.63) is 96.3 Å². The van der Waals surface area contributed by atoms with Crippen LogP contribution in [-0.2, 0) is 11.2 Å². The highest BCUT2D eigenvalue weighted by atomic mass is 16.6. The lowest BCUT2D eigenvalue weighted by Crippen LogP contribution is -2.44. The van der Waals surface area contributed by atoms with Crippen LogP contribution in [0.1, 0.15) is 33.8 Å². The van der Waals surface area contributed by atoms with E-state index in [1.165, 1.54) is 13.3 Å². The molecule has 7 nitrogen and oxygen atoms in total. The first-order chi connectivity index (χ1) is 16.6. The summed E-state index contributed by atoms with van der Waals surface area (Å²) in [6.07, 6.45) is 5.89. The molecule has 0 fully saturated rings. The predicted octanol–water partition coefficient (Wildman–Crippen LogP) is 4.12. The lowest BCUT2D eigenvalue weighted by molar-refractivity contribution is -0.136. The molecule has 174 valence electrons. The third-order valence-electron chi connectivity index (χ3n) is 5.79. The number of ether oxygens (including phenoxy) is 2. The van der Waals surface area contributed by atoms with Gasteiger partial charge in [-0.05, 0) is 54.3 Å². The Morgan fingerprint density at radius 3 is 2.82 bits per heavy atom. The number of amides is 1. The molecule has 34 heavy (non-hydrogen) atoms. The van der Waals surface area contributed by atoms with E-state index in [2.05, 4.69) is 22.2 Å². The van der Waals surface area contributed by atoms with Gasteiger partial charge in [-0.25, -0.2) is 4.79 Å². The van der Waals surface area contributed by atoms with Crippen molar-refractivity contribution in [1.29, 1.82) is 0 Å². The maximum atomic E-state index is 13.3. The summed E-state index contributed by atoms with van der Waals surface area (Å²) in [4.78, 5) is 30.2. The molecule has 2 N–H and O–H groups in total. The number of hydrogen-bond donors (Lipinski definition) is 2. The fourth-order valence-corrected chi connectivity index (χ4v) is 4.07. The first-order valence-electron chi connectivity index (χ1n) is 11.1. The maximum Gasteiger partial charge on any atom is 0.334 e. The molecule has 1 amide bonds. The number of anilines is 1. The van der Waals surface area contributed by atoms with Crippen LogP contribution in [0.15, 0.2) is 79.6 Å². The van der Waals surface area contributed by atoms with Gasteiger partial charge in [-0.2, -0.15) is 0 Å². The molecule has 1 aliphatic heterocycles. The van der Waals surface area contributed by atoms with Crippen LogP contribution < -0.4 is 20.1 Å². The van der Waals surface area contributed by atoms with Gasteiger partial charge in [0, 0.05) is 30.5 Å². The van der Waals surface area contributed by atoms with E-state index in [1.54, 1.807) is 30.5 Å². The van der Waals surface area contributed by atoms with Gasteiger partial charge in [0.2, 0.25) is 0 Å². The van der Waals surface area contributed by atoms with Gasteiger partial charge in [0.1, 0.15) is 6.04 Å². The van der Waals surface area contributed by atoms with Crippen molar-refractivity contribution in [3.63, 3.8) is 0 Å². The summed E-state index contributed by atoms with van der Waals surface area (Å²) in [6, 6.07) is 15.8. The summed E-state index contributed by atoms with van der Waals surface area (Å²) in [6.45, 7) is 4.42. The highest BCUT2D eigenvalue weighted by molar-refractivity contribution is 5.96. The number of hydrogen-bond acceptors (Lipinski definition) is 6. The van der Waals surface area contributed by atoms with Crippen molar-refractivity contribution in [2.75, 3.05) is 19.0 Å². The number of fused-ring (bicyclic) bond motifs is 1. The Morgan fingerprint density at radius 2 is 2.06 bits per heavy atom. The van der Waals surface area contributed by atoms with Gasteiger partial charge in [-0.15, -0.1) is 6.58 Å². The molecule has 1 aromatic heterocycles. The Labute approximate surface area is 198 Å². The number of rotatable bonds is 9. The van der Waals surface area contributed by atoms with E-state index >= 15 is 0 Å². The number of aromatic nitrogens is 1. The fourth-order valence-electron chi connectivity index (χ4n) is 4.07. The molecule has 7 heteroatoms. The van der Waals surface area contributed by atoms with E-state index in [0.717, 1.165) is 16.8 Å². The van der Waals surface area contributed by atoms with Gasteiger partial charge in [-0.1, -0.05) is 30.3 Å². The molecule has 0 bridgehead atoms. The average Bonchev–Trinajstić information content (AvgIpc) is 3.28. The maximum absolute atomic E-state index is 13.3. The number of esters is 1. The van der Waals surface area contributed by atoms with Crippen molar-refractivity contribution in [3.8, 4) is 11.5 Å². The van der Waals surface area contributed by atoms with Gasteiger partial charge in [0.25, 0.3) is 5.91 Å². The summed E-state index contributed by atoms with van der Waals surface area (Å²) >= 11 is 0. The number of methoxy groups -OCH3 is 1. The van der Waals surface area contributed by atoms with Crippen molar-refractivity contribution in [2.45, 2.75) is 24.8 Å². The molecule has 0 aliphatic carbocycles. The van der Waals surface area contributed by atoms with Gasteiger partial charge in [-0.3, -0.25) is 9.78 Å². The summed E-state index contributed by atoms with van der Waals surface area (Å²) in [5, 5.41) is 6.21. The molecule has 2 heterocycles. The van der Waals surface area contributed by atoms with E-state index in [-0.39, 0.29) is 11.8 Å². The molecular weight excluding hydrogens is 430 g/mol.